The van der Waals surface area contributed by atoms with Crippen LogP contribution in [0.25, 0.3) is 6.08 Å². The average Bonchev–Trinajstić information content (AvgIpc) is 2.90. The van der Waals surface area contributed by atoms with Crippen molar-refractivity contribution in [2.75, 3.05) is 57.9 Å². The molecule has 13 heteroatoms. The maximum atomic E-state index is 12.8. The van der Waals surface area contributed by atoms with Crippen LogP contribution < -0.4 is 10.0 Å². The topological polar surface area (TPSA) is 185 Å². The fourth-order valence-corrected chi connectivity index (χ4v) is 5.15. The van der Waals surface area contributed by atoms with Gasteiger partial charge in [0.2, 0.25) is 0 Å². The molecule has 2 heterocycles. The molecule has 0 bridgehead atoms. The fourth-order valence-electron chi connectivity index (χ4n) is 4.20. The summed E-state index contributed by atoms with van der Waals surface area (Å²) in [5.74, 6) is 0. The number of allylic oxidation sites excluding steroid dienone is 1. The predicted octanol–water partition coefficient (Wildman–Crippen LogP) is -1.16. The van der Waals surface area contributed by atoms with Crippen LogP contribution >= 0.6 is 0 Å². The Morgan fingerprint density at radius 1 is 1.11 bits per heavy atom. The van der Waals surface area contributed by atoms with Crippen LogP contribution in [0.3, 0.4) is 0 Å². The van der Waals surface area contributed by atoms with Crippen LogP contribution in [-0.2, 0) is 19.5 Å². The SMILES string of the molecule is N#C/C(=C\c1ccc(NCCN2CCOCC2)cc1)S(=O)(=O)NC[C@H]1OC(CCCO)[C@H](O)[C@@H](O)[C@@H]1O. The molecule has 0 radical (unpaired) electrons. The molecule has 0 amide bonds. The van der Waals surface area contributed by atoms with Crippen molar-refractivity contribution in [2.45, 2.75) is 43.4 Å². The predicted molar refractivity (Wildman–Crippen MR) is 136 cm³/mol. The second-order valence-electron chi connectivity index (χ2n) is 9.03. The van der Waals surface area contributed by atoms with Crippen LogP contribution in [0.5, 0.6) is 0 Å². The zero-order valence-electron chi connectivity index (χ0n) is 20.6. The first-order valence-electron chi connectivity index (χ1n) is 12.3. The van der Waals surface area contributed by atoms with E-state index in [-0.39, 0.29) is 13.0 Å². The lowest BCUT2D eigenvalue weighted by Crippen LogP contribution is -2.60. The smallest absolute Gasteiger partial charge is 0.250 e. The number of sulfonamides is 1. The third-order valence-corrected chi connectivity index (χ3v) is 7.74. The van der Waals surface area contributed by atoms with Crippen LogP contribution in [0, 0.1) is 11.3 Å². The maximum Gasteiger partial charge on any atom is 0.250 e. The minimum atomic E-state index is -4.25. The van der Waals surface area contributed by atoms with Crippen LogP contribution in [0.4, 0.5) is 5.69 Å². The Morgan fingerprint density at radius 3 is 2.43 bits per heavy atom. The number of aliphatic hydroxyl groups is 4. The van der Waals surface area contributed by atoms with Gasteiger partial charge < -0.3 is 35.2 Å². The van der Waals surface area contributed by atoms with E-state index in [1.807, 2.05) is 0 Å². The standard InChI is InChI=1S/C24H36N4O8S/c25-15-19(14-17-3-5-18(6-4-17)26-7-8-28-9-12-35-13-10-28)37(33,34)27-16-21-23(31)24(32)22(30)20(36-21)2-1-11-29/h3-6,14,20-24,26-27,29-32H,1-2,7-13,16H2/b19-14+/t20?,21-,22+,23-,24-/m1/s1. The molecule has 2 aliphatic rings. The molecule has 37 heavy (non-hydrogen) atoms. The quantitative estimate of drug-likeness (QED) is 0.176. The summed E-state index contributed by atoms with van der Waals surface area (Å²) in [7, 11) is -4.25. The first-order chi connectivity index (χ1) is 17.7. The number of hydrogen-bond donors (Lipinski definition) is 6. The molecular weight excluding hydrogens is 504 g/mol. The number of aliphatic hydroxyl groups excluding tert-OH is 4. The fraction of sp³-hybridized carbons (Fsp3) is 0.625. The highest BCUT2D eigenvalue weighted by molar-refractivity contribution is 7.93. The lowest BCUT2D eigenvalue weighted by molar-refractivity contribution is -0.221. The zero-order valence-corrected chi connectivity index (χ0v) is 21.4. The van der Waals surface area contributed by atoms with E-state index in [1.165, 1.54) is 6.08 Å². The normalized spacial score (nSPS) is 27.5. The van der Waals surface area contributed by atoms with Gasteiger partial charge in [0.15, 0.2) is 4.91 Å². The van der Waals surface area contributed by atoms with E-state index in [1.54, 1.807) is 30.3 Å². The molecule has 0 aromatic heterocycles. The molecule has 12 nitrogen and oxygen atoms in total. The Balaban J connectivity index is 1.56. The van der Waals surface area contributed by atoms with Crippen molar-refractivity contribution in [1.82, 2.24) is 9.62 Å². The van der Waals surface area contributed by atoms with Crippen LogP contribution in [-0.4, -0.2) is 117 Å². The summed E-state index contributed by atoms with van der Waals surface area (Å²) in [5, 5.41) is 52.2. The number of nitriles is 1. The largest absolute Gasteiger partial charge is 0.396 e. The van der Waals surface area contributed by atoms with Crippen molar-refractivity contribution in [1.29, 1.82) is 5.26 Å². The van der Waals surface area contributed by atoms with Crippen molar-refractivity contribution in [3.8, 4) is 6.07 Å². The molecule has 5 atom stereocenters. The molecule has 3 rings (SSSR count). The summed E-state index contributed by atoms with van der Waals surface area (Å²) in [6.45, 7) is 4.35. The van der Waals surface area contributed by atoms with Gasteiger partial charge in [-0.05, 0) is 36.6 Å². The van der Waals surface area contributed by atoms with Crippen LogP contribution in [0.15, 0.2) is 29.2 Å². The molecule has 0 spiro atoms. The van der Waals surface area contributed by atoms with Gasteiger partial charge in [0.25, 0.3) is 10.0 Å². The zero-order chi connectivity index (χ0) is 26.8. The number of nitrogens with zero attached hydrogens (tertiary/aromatic N) is 2. The summed E-state index contributed by atoms with van der Waals surface area (Å²) in [5.41, 5.74) is 1.38. The molecule has 1 unspecified atom stereocenters. The molecule has 1 aromatic rings. The Labute approximate surface area is 217 Å². The number of hydrogen-bond acceptors (Lipinski definition) is 11. The molecule has 0 saturated carbocycles. The second kappa shape index (κ2) is 14.1. The molecule has 2 fully saturated rings. The van der Waals surface area contributed by atoms with Gasteiger partial charge in [-0.25, -0.2) is 13.1 Å². The van der Waals surface area contributed by atoms with E-state index >= 15 is 0 Å². The van der Waals surface area contributed by atoms with E-state index in [9.17, 15) is 29.0 Å². The van der Waals surface area contributed by atoms with Gasteiger partial charge in [-0.2, -0.15) is 5.26 Å². The number of morpholine rings is 1. The van der Waals surface area contributed by atoms with E-state index in [4.69, 9.17) is 14.6 Å². The van der Waals surface area contributed by atoms with Gasteiger partial charge in [0, 0.05) is 45.0 Å². The number of benzene rings is 1. The first kappa shape index (κ1) is 29.4. The molecular formula is C24H36N4O8S. The van der Waals surface area contributed by atoms with Gasteiger partial charge in [-0.15, -0.1) is 0 Å². The molecule has 6 N–H and O–H groups in total. The molecule has 206 valence electrons. The highest BCUT2D eigenvalue weighted by Gasteiger charge is 2.43. The third-order valence-electron chi connectivity index (χ3n) is 6.40. The van der Waals surface area contributed by atoms with Crippen molar-refractivity contribution in [2.24, 2.45) is 0 Å². The van der Waals surface area contributed by atoms with Gasteiger partial charge in [0.05, 0.1) is 19.3 Å². The van der Waals surface area contributed by atoms with E-state index < -0.39 is 52.0 Å². The second-order valence-corrected chi connectivity index (χ2v) is 10.8. The van der Waals surface area contributed by atoms with Crippen molar-refractivity contribution in [3.63, 3.8) is 0 Å². The molecule has 1 aromatic carbocycles. The van der Waals surface area contributed by atoms with Gasteiger partial charge in [-0.3, -0.25) is 4.90 Å². The summed E-state index contributed by atoms with van der Waals surface area (Å²) < 4.78 is 38.7. The summed E-state index contributed by atoms with van der Waals surface area (Å²) in [4.78, 5) is 1.78. The van der Waals surface area contributed by atoms with E-state index in [0.29, 0.717) is 12.0 Å². The number of anilines is 1. The van der Waals surface area contributed by atoms with Crippen LogP contribution in [0.2, 0.25) is 0 Å². The molecule has 0 aliphatic carbocycles. The average molecular weight is 541 g/mol. The van der Waals surface area contributed by atoms with Gasteiger partial charge in [0.1, 0.15) is 30.5 Å². The van der Waals surface area contributed by atoms with Crippen molar-refractivity contribution in [3.05, 3.63) is 34.7 Å². The van der Waals surface area contributed by atoms with E-state index in [0.717, 1.165) is 45.1 Å². The summed E-state index contributed by atoms with van der Waals surface area (Å²) >= 11 is 0. The van der Waals surface area contributed by atoms with Crippen LogP contribution in [0.1, 0.15) is 18.4 Å². The van der Waals surface area contributed by atoms with E-state index in [2.05, 4.69) is 14.9 Å². The summed E-state index contributed by atoms with van der Waals surface area (Å²) in [6, 6.07) is 8.67. The summed E-state index contributed by atoms with van der Waals surface area (Å²) in [6.07, 6.45) is -4.74. The first-order valence-corrected chi connectivity index (χ1v) is 13.8. The monoisotopic (exact) mass is 540 g/mol. The lowest BCUT2D eigenvalue weighted by atomic mass is 9.93. The van der Waals surface area contributed by atoms with Gasteiger partial charge >= 0.3 is 0 Å². The highest BCUT2D eigenvalue weighted by Crippen LogP contribution is 2.24. The minimum absolute atomic E-state index is 0.148. The highest BCUT2D eigenvalue weighted by atomic mass is 32.2. The third kappa shape index (κ3) is 8.44. The minimum Gasteiger partial charge on any atom is -0.396 e. The Kier molecular flexibility index (Phi) is 11.3. The number of rotatable bonds is 12. The maximum absolute atomic E-state index is 12.8. The van der Waals surface area contributed by atoms with Crippen molar-refractivity contribution < 1.29 is 38.3 Å². The molecule has 2 aliphatic heterocycles. The number of ether oxygens (including phenoxy) is 2. The Morgan fingerprint density at radius 2 is 1.78 bits per heavy atom. The molecule has 2 saturated heterocycles. The Hall–Kier alpha value is -2.12. The lowest BCUT2D eigenvalue weighted by Gasteiger charge is -2.40. The number of nitrogens with one attached hydrogen (secondary N) is 2. The Bertz CT molecular complexity index is 1020. The van der Waals surface area contributed by atoms with Crippen molar-refractivity contribution >= 4 is 21.8 Å². The van der Waals surface area contributed by atoms with Gasteiger partial charge in [-0.1, -0.05) is 12.1 Å².